The Balaban J connectivity index is 3.70. The summed E-state index contributed by atoms with van der Waals surface area (Å²) in [7, 11) is 0. The topological polar surface area (TPSA) is 63.6 Å². The van der Waals surface area contributed by atoms with E-state index in [1.54, 1.807) is 6.92 Å². The molecular formula is C10H18O4. The third-order valence-electron chi connectivity index (χ3n) is 1.75. The van der Waals surface area contributed by atoms with Crippen LogP contribution >= 0.6 is 0 Å². The molecule has 0 heterocycles. The fourth-order valence-electron chi connectivity index (χ4n) is 0.849. The molecule has 0 aromatic rings. The first-order valence-electron chi connectivity index (χ1n) is 4.82. The molecule has 0 bridgehead atoms. The summed E-state index contributed by atoms with van der Waals surface area (Å²) in [4.78, 5) is 21.5. The van der Waals surface area contributed by atoms with Crippen molar-refractivity contribution in [1.82, 2.24) is 0 Å². The zero-order valence-electron chi connectivity index (χ0n) is 8.95. The molecule has 0 saturated heterocycles. The van der Waals surface area contributed by atoms with E-state index >= 15 is 0 Å². The van der Waals surface area contributed by atoms with E-state index in [9.17, 15) is 9.59 Å². The van der Waals surface area contributed by atoms with Gasteiger partial charge in [0.1, 0.15) is 0 Å². The lowest BCUT2D eigenvalue weighted by molar-refractivity contribution is -0.149. The molecule has 0 aliphatic carbocycles. The number of hydrogen-bond acceptors (Lipinski definition) is 3. The van der Waals surface area contributed by atoms with Crippen LogP contribution in [0.3, 0.4) is 0 Å². The molecule has 1 atom stereocenters. The number of carbonyl (C=O) groups excluding carboxylic acids is 1. The second-order valence-electron chi connectivity index (χ2n) is 3.86. The minimum atomic E-state index is -0.881. The minimum Gasteiger partial charge on any atom is -0.481 e. The number of ether oxygens (including phenoxy) is 1. The van der Waals surface area contributed by atoms with E-state index in [4.69, 9.17) is 9.84 Å². The van der Waals surface area contributed by atoms with Gasteiger partial charge in [0.15, 0.2) is 0 Å². The van der Waals surface area contributed by atoms with E-state index in [1.807, 2.05) is 13.8 Å². The predicted molar refractivity (Wildman–Crippen MR) is 51.8 cm³/mol. The van der Waals surface area contributed by atoms with Crippen molar-refractivity contribution in [2.45, 2.75) is 33.6 Å². The van der Waals surface area contributed by atoms with Gasteiger partial charge in [0.25, 0.3) is 0 Å². The standard InChI is InChI=1S/C10H18O4/c1-7(2)6-14-10(13)8(3)4-5-9(11)12/h7-8H,4-6H2,1-3H3,(H,11,12). The summed E-state index contributed by atoms with van der Waals surface area (Å²) in [5.41, 5.74) is 0. The average molecular weight is 202 g/mol. The molecule has 82 valence electrons. The van der Waals surface area contributed by atoms with Gasteiger partial charge in [0.05, 0.1) is 12.5 Å². The minimum absolute atomic E-state index is 0.0119. The Kier molecular flexibility index (Phi) is 5.92. The zero-order valence-corrected chi connectivity index (χ0v) is 8.95. The maximum atomic E-state index is 11.2. The second-order valence-corrected chi connectivity index (χ2v) is 3.86. The van der Waals surface area contributed by atoms with Gasteiger partial charge in [0, 0.05) is 6.42 Å². The SMILES string of the molecule is CC(C)COC(=O)C(C)CCC(=O)O. The monoisotopic (exact) mass is 202 g/mol. The van der Waals surface area contributed by atoms with Crippen molar-refractivity contribution in [2.24, 2.45) is 11.8 Å². The first kappa shape index (κ1) is 12.9. The smallest absolute Gasteiger partial charge is 0.308 e. The summed E-state index contributed by atoms with van der Waals surface area (Å²) in [5.74, 6) is -1.20. The van der Waals surface area contributed by atoms with E-state index in [1.165, 1.54) is 0 Å². The summed E-state index contributed by atoms with van der Waals surface area (Å²) in [6.07, 6.45) is 0.351. The van der Waals surface area contributed by atoms with Crippen molar-refractivity contribution in [1.29, 1.82) is 0 Å². The van der Waals surface area contributed by atoms with Gasteiger partial charge in [-0.2, -0.15) is 0 Å². The predicted octanol–water partition coefficient (Wildman–Crippen LogP) is 1.69. The number of carboxylic acid groups (broad SMARTS) is 1. The lowest BCUT2D eigenvalue weighted by atomic mass is 10.1. The first-order chi connectivity index (χ1) is 6.43. The van der Waals surface area contributed by atoms with Gasteiger partial charge in [-0.1, -0.05) is 20.8 Å². The van der Waals surface area contributed by atoms with Gasteiger partial charge in [-0.05, 0) is 12.3 Å². The quantitative estimate of drug-likeness (QED) is 0.666. The lowest BCUT2D eigenvalue weighted by Crippen LogP contribution is -2.18. The molecule has 0 spiro atoms. The molecular weight excluding hydrogens is 184 g/mol. The van der Waals surface area contributed by atoms with Crippen LogP contribution in [-0.2, 0) is 14.3 Å². The molecule has 0 fully saturated rings. The molecule has 0 amide bonds. The molecule has 1 N–H and O–H groups in total. The van der Waals surface area contributed by atoms with Crippen molar-refractivity contribution in [3.05, 3.63) is 0 Å². The number of esters is 1. The Morgan fingerprint density at radius 1 is 1.29 bits per heavy atom. The second kappa shape index (κ2) is 6.40. The molecule has 4 heteroatoms. The van der Waals surface area contributed by atoms with Crippen LogP contribution in [-0.4, -0.2) is 23.7 Å². The Hall–Kier alpha value is -1.06. The fraction of sp³-hybridized carbons (Fsp3) is 0.800. The van der Waals surface area contributed by atoms with Gasteiger partial charge in [-0.3, -0.25) is 9.59 Å². The third kappa shape index (κ3) is 6.46. The van der Waals surface area contributed by atoms with Crippen LogP contribution < -0.4 is 0 Å². The Labute approximate surface area is 84.3 Å². The van der Waals surface area contributed by atoms with Crippen LogP contribution in [0, 0.1) is 11.8 Å². The summed E-state index contributed by atoms with van der Waals surface area (Å²) >= 11 is 0. The average Bonchev–Trinajstić information content (AvgIpc) is 2.09. The van der Waals surface area contributed by atoms with Gasteiger partial charge in [-0.15, -0.1) is 0 Å². The molecule has 1 unspecified atom stereocenters. The summed E-state index contributed by atoms with van der Waals surface area (Å²) in [6.45, 7) is 5.99. The zero-order chi connectivity index (χ0) is 11.1. The van der Waals surface area contributed by atoms with Gasteiger partial charge in [-0.25, -0.2) is 0 Å². The van der Waals surface area contributed by atoms with Crippen LogP contribution in [0.15, 0.2) is 0 Å². The third-order valence-corrected chi connectivity index (χ3v) is 1.75. The summed E-state index contributed by atoms with van der Waals surface area (Å²) in [5, 5.41) is 8.41. The number of hydrogen-bond donors (Lipinski definition) is 1. The molecule has 0 saturated carbocycles. The molecule has 14 heavy (non-hydrogen) atoms. The highest BCUT2D eigenvalue weighted by atomic mass is 16.5. The summed E-state index contributed by atoms with van der Waals surface area (Å²) in [6, 6.07) is 0. The van der Waals surface area contributed by atoms with Crippen molar-refractivity contribution in [2.75, 3.05) is 6.61 Å². The van der Waals surface area contributed by atoms with E-state index in [0.717, 1.165) is 0 Å². The number of carboxylic acids is 1. The molecule has 0 aromatic heterocycles. The van der Waals surface area contributed by atoms with Crippen molar-refractivity contribution >= 4 is 11.9 Å². The van der Waals surface area contributed by atoms with Crippen molar-refractivity contribution in [3.8, 4) is 0 Å². The van der Waals surface area contributed by atoms with Crippen LogP contribution in [0.5, 0.6) is 0 Å². The highest BCUT2D eigenvalue weighted by Gasteiger charge is 2.15. The lowest BCUT2D eigenvalue weighted by Gasteiger charge is -2.11. The van der Waals surface area contributed by atoms with Crippen LogP contribution in [0.25, 0.3) is 0 Å². The largest absolute Gasteiger partial charge is 0.481 e. The molecule has 0 radical (unpaired) electrons. The molecule has 0 aliphatic rings. The van der Waals surface area contributed by atoms with Crippen molar-refractivity contribution in [3.63, 3.8) is 0 Å². The van der Waals surface area contributed by atoms with E-state index in [2.05, 4.69) is 0 Å². The van der Waals surface area contributed by atoms with Crippen LogP contribution in [0.4, 0.5) is 0 Å². The number of aliphatic carboxylic acids is 1. The maximum absolute atomic E-state index is 11.2. The number of carbonyl (C=O) groups is 2. The Morgan fingerprint density at radius 2 is 1.86 bits per heavy atom. The summed E-state index contributed by atoms with van der Waals surface area (Å²) < 4.78 is 4.97. The first-order valence-corrected chi connectivity index (χ1v) is 4.82. The van der Waals surface area contributed by atoms with Gasteiger partial charge < -0.3 is 9.84 Å². The normalized spacial score (nSPS) is 12.6. The molecule has 0 aromatic carbocycles. The highest BCUT2D eigenvalue weighted by Crippen LogP contribution is 2.08. The highest BCUT2D eigenvalue weighted by molar-refractivity contribution is 5.73. The Bertz CT molecular complexity index is 198. The Morgan fingerprint density at radius 3 is 2.29 bits per heavy atom. The maximum Gasteiger partial charge on any atom is 0.308 e. The van der Waals surface area contributed by atoms with E-state index in [0.29, 0.717) is 18.9 Å². The molecule has 0 aliphatic heterocycles. The number of rotatable bonds is 6. The van der Waals surface area contributed by atoms with Crippen LogP contribution in [0.2, 0.25) is 0 Å². The van der Waals surface area contributed by atoms with E-state index in [-0.39, 0.29) is 18.3 Å². The van der Waals surface area contributed by atoms with Crippen LogP contribution in [0.1, 0.15) is 33.6 Å². The fourth-order valence-corrected chi connectivity index (χ4v) is 0.849. The van der Waals surface area contributed by atoms with Crippen molar-refractivity contribution < 1.29 is 19.4 Å². The van der Waals surface area contributed by atoms with E-state index < -0.39 is 5.97 Å². The molecule has 4 nitrogen and oxygen atoms in total. The van der Waals surface area contributed by atoms with Gasteiger partial charge in [0.2, 0.25) is 0 Å². The van der Waals surface area contributed by atoms with Gasteiger partial charge >= 0.3 is 11.9 Å². The molecule has 0 rings (SSSR count).